The SMILES string of the molecule is O=C1CC(c2ccccc2)=Nc2ccccc21. The standard InChI is InChI=1S/C15H11NO/c17-15-10-14(11-6-2-1-3-7-11)16-13-9-5-4-8-12(13)15/h1-9H,10H2. The van der Waals surface area contributed by atoms with Crippen LogP contribution in [0.2, 0.25) is 0 Å². The van der Waals surface area contributed by atoms with E-state index in [1.165, 1.54) is 0 Å². The zero-order valence-electron chi connectivity index (χ0n) is 9.26. The Labute approximate surface area is 99.6 Å². The monoisotopic (exact) mass is 221 g/mol. The fourth-order valence-electron chi connectivity index (χ4n) is 2.04. The van der Waals surface area contributed by atoms with Crippen LogP contribution in [-0.2, 0) is 0 Å². The summed E-state index contributed by atoms with van der Waals surface area (Å²) in [5.41, 5.74) is 3.39. The van der Waals surface area contributed by atoms with Crippen LogP contribution in [0.5, 0.6) is 0 Å². The summed E-state index contributed by atoms with van der Waals surface area (Å²) in [7, 11) is 0. The molecule has 2 heteroatoms. The molecule has 3 rings (SSSR count). The van der Waals surface area contributed by atoms with Crippen molar-refractivity contribution in [2.75, 3.05) is 0 Å². The number of benzene rings is 2. The van der Waals surface area contributed by atoms with Crippen molar-refractivity contribution < 1.29 is 4.79 Å². The lowest BCUT2D eigenvalue weighted by molar-refractivity contribution is 0.1000. The average Bonchev–Trinajstić information content (AvgIpc) is 2.40. The van der Waals surface area contributed by atoms with Gasteiger partial charge in [-0.25, -0.2) is 0 Å². The molecule has 0 radical (unpaired) electrons. The predicted octanol–water partition coefficient (Wildman–Crippen LogP) is 3.39. The van der Waals surface area contributed by atoms with Crippen LogP contribution in [0.3, 0.4) is 0 Å². The van der Waals surface area contributed by atoms with Crippen LogP contribution in [0.1, 0.15) is 22.3 Å². The maximum absolute atomic E-state index is 12.0. The molecule has 0 amide bonds. The number of hydrogen-bond acceptors (Lipinski definition) is 2. The molecule has 1 aliphatic rings. The van der Waals surface area contributed by atoms with Crippen LogP contribution in [-0.4, -0.2) is 11.5 Å². The molecule has 2 nitrogen and oxygen atoms in total. The first-order chi connectivity index (χ1) is 8.34. The largest absolute Gasteiger partial charge is 0.294 e. The van der Waals surface area contributed by atoms with Crippen LogP contribution >= 0.6 is 0 Å². The minimum Gasteiger partial charge on any atom is -0.294 e. The Bertz CT molecular complexity index is 599. The fraction of sp³-hybridized carbons (Fsp3) is 0.0667. The van der Waals surface area contributed by atoms with Crippen molar-refractivity contribution in [1.29, 1.82) is 0 Å². The number of Topliss-reactive ketones (excluding diaryl/α,β-unsaturated/α-hetero) is 1. The van der Waals surface area contributed by atoms with Gasteiger partial charge in [-0.3, -0.25) is 9.79 Å². The quantitative estimate of drug-likeness (QED) is 0.725. The van der Waals surface area contributed by atoms with Gasteiger partial charge in [0.2, 0.25) is 0 Å². The molecule has 0 aliphatic carbocycles. The van der Waals surface area contributed by atoms with Crippen molar-refractivity contribution in [2.45, 2.75) is 6.42 Å². The summed E-state index contributed by atoms with van der Waals surface area (Å²) in [6, 6.07) is 17.4. The summed E-state index contributed by atoms with van der Waals surface area (Å²) >= 11 is 0. The van der Waals surface area contributed by atoms with Crippen molar-refractivity contribution in [2.24, 2.45) is 4.99 Å². The third-order valence-electron chi connectivity index (χ3n) is 2.89. The van der Waals surface area contributed by atoms with Crippen LogP contribution in [0.4, 0.5) is 5.69 Å². The smallest absolute Gasteiger partial charge is 0.171 e. The first-order valence-corrected chi connectivity index (χ1v) is 5.60. The van der Waals surface area contributed by atoms with Crippen molar-refractivity contribution in [3.63, 3.8) is 0 Å². The van der Waals surface area contributed by atoms with Gasteiger partial charge in [-0.2, -0.15) is 0 Å². The summed E-state index contributed by atoms with van der Waals surface area (Å²) in [6.45, 7) is 0. The van der Waals surface area contributed by atoms with Gasteiger partial charge >= 0.3 is 0 Å². The zero-order valence-corrected chi connectivity index (χ0v) is 9.26. The molecule has 0 unspecified atom stereocenters. The Hall–Kier alpha value is -2.22. The van der Waals surface area contributed by atoms with Gasteiger partial charge in [0, 0.05) is 5.56 Å². The average molecular weight is 221 g/mol. The molecule has 17 heavy (non-hydrogen) atoms. The number of carbonyl (C=O) groups is 1. The lowest BCUT2D eigenvalue weighted by Crippen LogP contribution is -2.14. The van der Waals surface area contributed by atoms with E-state index in [1.807, 2.05) is 54.6 Å². The molecule has 0 aromatic heterocycles. The first kappa shape index (κ1) is 9.97. The topological polar surface area (TPSA) is 29.4 Å². The molecule has 2 aromatic carbocycles. The van der Waals surface area contributed by atoms with E-state index >= 15 is 0 Å². The van der Waals surface area contributed by atoms with Gasteiger partial charge in [0.05, 0.1) is 17.8 Å². The highest BCUT2D eigenvalue weighted by Crippen LogP contribution is 2.27. The molecule has 0 saturated heterocycles. The predicted molar refractivity (Wildman–Crippen MR) is 68.0 cm³/mol. The van der Waals surface area contributed by atoms with E-state index in [1.54, 1.807) is 0 Å². The maximum atomic E-state index is 12.0. The molecular formula is C15H11NO. The normalized spacial score (nSPS) is 14.1. The van der Waals surface area contributed by atoms with E-state index in [0.29, 0.717) is 6.42 Å². The van der Waals surface area contributed by atoms with Gasteiger partial charge in [0.1, 0.15) is 0 Å². The molecule has 0 fully saturated rings. The highest BCUT2D eigenvalue weighted by atomic mass is 16.1. The van der Waals surface area contributed by atoms with Gasteiger partial charge in [-0.15, -0.1) is 0 Å². The summed E-state index contributed by atoms with van der Waals surface area (Å²) in [4.78, 5) is 16.6. The molecule has 0 N–H and O–H groups in total. The second-order valence-corrected chi connectivity index (χ2v) is 4.04. The molecule has 1 aliphatic heterocycles. The lowest BCUT2D eigenvalue weighted by atomic mass is 9.96. The Kier molecular flexibility index (Phi) is 2.33. The number of fused-ring (bicyclic) bond motifs is 1. The summed E-state index contributed by atoms with van der Waals surface area (Å²) in [6.07, 6.45) is 0.390. The van der Waals surface area contributed by atoms with E-state index in [0.717, 1.165) is 22.5 Å². The second kappa shape index (κ2) is 3.98. The van der Waals surface area contributed by atoms with E-state index in [-0.39, 0.29) is 5.78 Å². The molecule has 0 saturated carbocycles. The zero-order chi connectivity index (χ0) is 11.7. The molecule has 0 bridgehead atoms. The summed E-state index contributed by atoms with van der Waals surface area (Å²) < 4.78 is 0. The summed E-state index contributed by atoms with van der Waals surface area (Å²) in [5, 5.41) is 0. The van der Waals surface area contributed by atoms with Gasteiger partial charge < -0.3 is 0 Å². The number of rotatable bonds is 1. The minimum atomic E-state index is 0.148. The van der Waals surface area contributed by atoms with Crippen LogP contribution < -0.4 is 0 Å². The highest BCUT2D eigenvalue weighted by molar-refractivity contribution is 6.20. The number of hydrogen-bond donors (Lipinski definition) is 0. The van der Waals surface area contributed by atoms with Crippen LogP contribution in [0, 0.1) is 0 Å². The van der Waals surface area contributed by atoms with Crippen LogP contribution in [0.25, 0.3) is 0 Å². The Balaban J connectivity index is 2.11. The number of ketones is 1. The maximum Gasteiger partial charge on any atom is 0.171 e. The van der Waals surface area contributed by atoms with Gasteiger partial charge in [-0.05, 0) is 17.7 Å². The number of para-hydroxylation sites is 1. The Morgan fingerprint density at radius 2 is 1.59 bits per heavy atom. The number of aliphatic imine (C=N–C) groups is 1. The molecule has 0 spiro atoms. The Morgan fingerprint density at radius 1 is 0.882 bits per heavy atom. The van der Waals surface area contributed by atoms with Gasteiger partial charge in [-0.1, -0.05) is 42.5 Å². The van der Waals surface area contributed by atoms with Gasteiger partial charge in [0.15, 0.2) is 5.78 Å². The van der Waals surface area contributed by atoms with E-state index in [4.69, 9.17) is 0 Å². The summed E-state index contributed by atoms with van der Waals surface area (Å²) in [5.74, 6) is 0.148. The van der Waals surface area contributed by atoms with Crippen molar-refractivity contribution >= 4 is 17.2 Å². The van der Waals surface area contributed by atoms with E-state index in [9.17, 15) is 4.79 Å². The molecule has 1 heterocycles. The van der Waals surface area contributed by atoms with E-state index < -0.39 is 0 Å². The van der Waals surface area contributed by atoms with Gasteiger partial charge in [0.25, 0.3) is 0 Å². The molecular weight excluding hydrogens is 210 g/mol. The lowest BCUT2D eigenvalue weighted by Gasteiger charge is -2.14. The number of nitrogens with zero attached hydrogens (tertiary/aromatic N) is 1. The molecule has 82 valence electrons. The Morgan fingerprint density at radius 3 is 2.41 bits per heavy atom. The second-order valence-electron chi connectivity index (χ2n) is 4.04. The minimum absolute atomic E-state index is 0.148. The third-order valence-corrected chi connectivity index (χ3v) is 2.89. The molecule has 2 aromatic rings. The third kappa shape index (κ3) is 1.78. The number of carbonyl (C=O) groups excluding carboxylic acids is 1. The van der Waals surface area contributed by atoms with Crippen molar-refractivity contribution in [3.05, 3.63) is 65.7 Å². The highest BCUT2D eigenvalue weighted by Gasteiger charge is 2.19. The fourth-order valence-corrected chi connectivity index (χ4v) is 2.04. The van der Waals surface area contributed by atoms with Crippen LogP contribution in [0.15, 0.2) is 59.6 Å². The first-order valence-electron chi connectivity index (χ1n) is 5.60. The molecule has 0 atom stereocenters. The van der Waals surface area contributed by atoms with Crippen molar-refractivity contribution in [3.8, 4) is 0 Å². The van der Waals surface area contributed by atoms with Crippen molar-refractivity contribution in [1.82, 2.24) is 0 Å². The van der Waals surface area contributed by atoms with E-state index in [2.05, 4.69) is 4.99 Å².